The lowest BCUT2D eigenvalue weighted by molar-refractivity contribution is 0.614. The van der Waals surface area contributed by atoms with Crippen LogP contribution in [0.5, 0.6) is 0 Å². The number of halogens is 3. The average Bonchev–Trinajstić information content (AvgIpc) is 2.73. The molecule has 1 nitrogen and oxygen atoms in total. The Labute approximate surface area is 123 Å². The van der Waals surface area contributed by atoms with Gasteiger partial charge in [-0.2, -0.15) is 0 Å². The third-order valence-electron chi connectivity index (χ3n) is 2.56. The van der Waals surface area contributed by atoms with Gasteiger partial charge >= 0.3 is 0 Å². The molecule has 0 saturated carbocycles. The summed E-state index contributed by atoms with van der Waals surface area (Å²) in [4.78, 5) is 1.12. The van der Waals surface area contributed by atoms with Crippen molar-refractivity contribution in [2.75, 3.05) is 6.54 Å². The van der Waals surface area contributed by atoms with Crippen LogP contribution in [0.1, 0.15) is 23.4 Å². The molecule has 0 radical (unpaired) electrons. The minimum atomic E-state index is -0.245. The SMILES string of the molecule is CCNC(c1ccc(Cl)s1)c1ccc(F)cc1Br. The Balaban J connectivity index is 2.41. The third kappa shape index (κ3) is 3.12. The monoisotopic (exact) mass is 347 g/mol. The second kappa shape index (κ2) is 6.15. The average molecular weight is 349 g/mol. The highest BCUT2D eigenvalue weighted by atomic mass is 79.9. The summed E-state index contributed by atoms with van der Waals surface area (Å²) in [5.41, 5.74) is 1.01. The quantitative estimate of drug-likeness (QED) is 0.819. The standard InChI is InChI=1S/C13H12BrClFNS/c1-2-17-13(11-5-6-12(15)18-11)9-4-3-8(16)7-10(9)14/h3-7,13,17H,2H2,1H3. The number of benzene rings is 1. The van der Waals surface area contributed by atoms with Crippen LogP contribution in [0.25, 0.3) is 0 Å². The van der Waals surface area contributed by atoms with E-state index in [1.807, 2.05) is 19.1 Å². The minimum Gasteiger partial charge on any atom is -0.306 e. The molecule has 0 bridgehead atoms. The summed E-state index contributed by atoms with van der Waals surface area (Å²) in [5, 5.41) is 3.39. The molecule has 0 spiro atoms. The van der Waals surface area contributed by atoms with E-state index >= 15 is 0 Å². The highest BCUT2D eigenvalue weighted by Gasteiger charge is 2.18. The van der Waals surface area contributed by atoms with E-state index in [4.69, 9.17) is 11.6 Å². The molecule has 1 heterocycles. The van der Waals surface area contributed by atoms with Gasteiger partial charge in [0.05, 0.1) is 10.4 Å². The first-order valence-corrected chi connectivity index (χ1v) is 7.54. The van der Waals surface area contributed by atoms with Crippen LogP contribution in [0.3, 0.4) is 0 Å². The molecule has 0 aliphatic rings. The molecule has 2 aromatic rings. The topological polar surface area (TPSA) is 12.0 Å². The lowest BCUT2D eigenvalue weighted by Gasteiger charge is -2.18. The summed E-state index contributed by atoms with van der Waals surface area (Å²) in [7, 11) is 0. The summed E-state index contributed by atoms with van der Waals surface area (Å²) in [6.45, 7) is 2.86. The second-order valence-corrected chi connectivity index (χ2v) is 6.40. The first kappa shape index (κ1) is 14.0. The van der Waals surface area contributed by atoms with Gasteiger partial charge in [-0.1, -0.05) is 40.5 Å². The Hall–Kier alpha value is -0.420. The van der Waals surface area contributed by atoms with E-state index in [0.717, 1.165) is 25.8 Å². The Morgan fingerprint density at radius 1 is 1.39 bits per heavy atom. The summed E-state index contributed by atoms with van der Waals surface area (Å²) < 4.78 is 14.7. The number of thiophene rings is 1. The summed E-state index contributed by atoms with van der Waals surface area (Å²) in [5.74, 6) is -0.245. The zero-order valence-electron chi connectivity index (χ0n) is 9.71. The lowest BCUT2D eigenvalue weighted by Crippen LogP contribution is -2.21. The molecule has 1 atom stereocenters. The first-order chi connectivity index (χ1) is 8.61. The Kier molecular flexibility index (Phi) is 4.78. The van der Waals surface area contributed by atoms with Gasteiger partial charge in [0.1, 0.15) is 5.82 Å². The number of rotatable bonds is 4. The summed E-state index contributed by atoms with van der Waals surface area (Å²) in [6, 6.07) is 8.65. The molecule has 96 valence electrons. The van der Waals surface area contributed by atoms with Crippen LogP contribution in [-0.2, 0) is 0 Å². The van der Waals surface area contributed by atoms with Crippen molar-refractivity contribution in [3.8, 4) is 0 Å². The van der Waals surface area contributed by atoms with Crippen molar-refractivity contribution in [1.29, 1.82) is 0 Å². The molecule has 1 aromatic carbocycles. The van der Waals surface area contributed by atoms with E-state index in [0.29, 0.717) is 0 Å². The van der Waals surface area contributed by atoms with Crippen molar-refractivity contribution < 1.29 is 4.39 Å². The first-order valence-electron chi connectivity index (χ1n) is 5.55. The number of hydrogen-bond acceptors (Lipinski definition) is 2. The van der Waals surface area contributed by atoms with Crippen molar-refractivity contribution >= 4 is 38.9 Å². The molecule has 1 aromatic heterocycles. The van der Waals surface area contributed by atoms with E-state index in [9.17, 15) is 4.39 Å². The second-order valence-electron chi connectivity index (χ2n) is 3.80. The minimum absolute atomic E-state index is 0.0301. The van der Waals surface area contributed by atoms with Crippen molar-refractivity contribution in [3.05, 3.63) is 55.4 Å². The van der Waals surface area contributed by atoms with Gasteiger partial charge in [0.25, 0.3) is 0 Å². The van der Waals surface area contributed by atoms with Gasteiger partial charge in [-0.05, 0) is 36.4 Å². The maximum atomic E-state index is 13.1. The van der Waals surface area contributed by atoms with E-state index in [2.05, 4.69) is 21.2 Å². The molecule has 2 rings (SSSR count). The Morgan fingerprint density at radius 2 is 2.17 bits per heavy atom. The van der Waals surface area contributed by atoms with Crippen molar-refractivity contribution in [2.45, 2.75) is 13.0 Å². The molecule has 1 N–H and O–H groups in total. The van der Waals surface area contributed by atoms with Crippen molar-refractivity contribution in [2.24, 2.45) is 0 Å². The van der Waals surface area contributed by atoms with Crippen LogP contribution in [-0.4, -0.2) is 6.54 Å². The van der Waals surface area contributed by atoms with Gasteiger partial charge in [0.2, 0.25) is 0 Å². The fourth-order valence-corrected chi connectivity index (χ4v) is 3.52. The molecule has 1 unspecified atom stereocenters. The van der Waals surface area contributed by atoms with Gasteiger partial charge < -0.3 is 5.32 Å². The molecule has 0 aliphatic heterocycles. The van der Waals surface area contributed by atoms with Crippen LogP contribution in [0.4, 0.5) is 4.39 Å². The van der Waals surface area contributed by atoms with Gasteiger partial charge in [0.15, 0.2) is 0 Å². The highest BCUT2D eigenvalue weighted by molar-refractivity contribution is 9.10. The molecule has 0 aliphatic carbocycles. The van der Waals surface area contributed by atoms with E-state index in [-0.39, 0.29) is 11.9 Å². The number of hydrogen-bond donors (Lipinski definition) is 1. The molecule has 0 fully saturated rings. The maximum absolute atomic E-state index is 13.1. The molecule has 0 amide bonds. The maximum Gasteiger partial charge on any atom is 0.124 e. The van der Waals surface area contributed by atoms with E-state index in [1.165, 1.54) is 23.5 Å². The van der Waals surface area contributed by atoms with Gasteiger partial charge in [-0.25, -0.2) is 4.39 Å². The Morgan fingerprint density at radius 3 is 2.72 bits per heavy atom. The Bertz CT molecular complexity index is 544. The predicted octanol–water partition coefficient (Wildman–Crippen LogP) is 5.00. The molecule has 0 saturated heterocycles. The fraction of sp³-hybridized carbons (Fsp3) is 0.231. The van der Waals surface area contributed by atoms with Gasteiger partial charge in [-0.3, -0.25) is 0 Å². The largest absolute Gasteiger partial charge is 0.306 e. The normalized spacial score (nSPS) is 12.7. The molecule has 5 heteroatoms. The van der Waals surface area contributed by atoms with Gasteiger partial charge in [-0.15, -0.1) is 11.3 Å². The van der Waals surface area contributed by atoms with Crippen molar-refractivity contribution in [3.63, 3.8) is 0 Å². The number of nitrogens with one attached hydrogen (secondary N) is 1. The third-order valence-corrected chi connectivity index (χ3v) is 4.54. The molecular formula is C13H12BrClFNS. The zero-order valence-corrected chi connectivity index (χ0v) is 12.9. The van der Waals surface area contributed by atoms with Crippen LogP contribution in [0.15, 0.2) is 34.8 Å². The lowest BCUT2D eigenvalue weighted by atomic mass is 10.1. The predicted molar refractivity (Wildman–Crippen MR) is 78.9 cm³/mol. The molecule has 18 heavy (non-hydrogen) atoms. The van der Waals surface area contributed by atoms with Crippen LogP contribution in [0, 0.1) is 5.82 Å². The van der Waals surface area contributed by atoms with Crippen LogP contribution in [0.2, 0.25) is 4.34 Å². The van der Waals surface area contributed by atoms with Crippen molar-refractivity contribution in [1.82, 2.24) is 5.32 Å². The van der Waals surface area contributed by atoms with E-state index in [1.54, 1.807) is 6.07 Å². The van der Waals surface area contributed by atoms with Crippen LogP contribution >= 0.6 is 38.9 Å². The highest BCUT2D eigenvalue weighted by Crippen LogP contribution is 2.34. The smallest absolute Gasteiger partial charge is 0.124 e. The van der Waals surface area contributed by atoms with Crippen LogP contribution < -0.4 is 5.32 Å². The molecular weight excluding hydrogens is 337 g/mol. The zero-order chi connectivity index (χ0) is 13.1. The van der Waals surface area contributed by atoms with E-state index < -0.39 is 0 Å². The fourth-order valence-electron chi connectivity index (χ4n) is 1.79. The van der Waals surface area contributed by atoms with Gasteiger partial charge in [0, 0.05) is 9.35 Å². The summed E-state index contributed by atoms with van der Waals surface area (Å²) in [6.07, 6.45) is 0. The summed E-state index contributed by atoms with van der Waals surface area (Å²) >= 11 is 10.9.